The summed E-state index contributed by atoms with van der Waals surface area (Å²) in [7, 11) is 1.57. The monoisotopic (exact) mass is 268 g/mol. The van der Waals surface area contributed by atoms with Crippen LogP contribution >= 0.6 is 11.6 Å². The Morgan fingerprint density at radius 3 is 2.50 bits per heavy atom. The fraction of sp³-hybridized carbons (Fsp3) is 0.333. The van der Waals surface area contributed by atoms with Crippen molar-refractivity contribution in [1.82, 2.24) is 4.90 Å². The molecule has 2 N–H and O–H groups in total. The van der Waals surface area contributed by atoms with E-state index in [-0.39, 0.29) is 0 Å². The molecule has 5 nitrogen and oxygen atoms in total. The van der Waals surface area contributed by atoms with E-state index < -0.39 is 23.6 Å². The number of ether oxygens (including phenoxy) is 1. The Morgan fingerprint density at radius 2 is 2.00 bits per heavy atom. The van der Waals surface area contributed by atoms with Crippen LogP contribution in [0.3, 0.4) is 0 Å². The zero-order chi connectivity index (χ0) is 13.5. The molecule has 1 fully saturated rings. The van der Waals surface area contributed by atoms with E-state index in [9.17, 15) is 9.59 Å². The van der Waals surface area contributed by atoms with Gasteiger partial charge in [-0.1, -0.05) is 23.7 Å². The maximum atomic E-state index is 11.6. The number of hydrogen-bond donors (Lipinski definition) is 1. The lowest BCUT2D eigenvalue weighted by molar-refractivity contribution is -0.127. The predicted molar refractivity (Wildman–Crippen MR) is 66.0 cm³/mol. The van der Waals surface area contributed by atoms with Crippen LogP contribution < -0.4 is 5.73 Å². The van der Waals surface area contributed by atoms with Gasteiger partial charge in [0.05, 0.1) is 0 Å². The molecule has 18 heavy (non-hydrogen) atoms. The van der Waals surface area contributed by atoms with Crippen LogP contribution in [0.1, 0.15) is 12.5 Å². The minimum atomic E-state index is -1.02. The third-order valence-electron chi connectivity index (χ3n) is 3.39. The Morgan fingerprint density at radius 1 is 1.44 bits per heavy atom. The minimum Gasteiger partial charge on any atom is -0.433 e. The molecule has 0 radical (unpaired) electrons. The Hall–Kier alpha value is -1.75. The molecule has 1 saturated heterocycles. The molecule has 1 aromatic carbocycles. The van der Waals surface area contributed by atoms with Crippen LogP contribution in [0.4, 0.5) is 4.79 Å². The highest BCUT2D eigenvalue weighted by Crippen LogP contribution is 2.38. The van der Waals surface area contributed by atoms with Gasteiger partial charge in [-0.25, -0.2) is 4.79 Å². The van der Waals surface area contributed by atoms with Gasteiger partial charge >= 0.3 is 6.09 Å². The van der Waals surface area contributed by atoms with E-state index in [1.165, 1.54) is 4.90 Å². The SMILES string of the molecule is CN1C(=O)OC(C(N)=O)C1(C)c1ccc(Cl)cc1. The molecule has 2 atom stereocenters. The Kier molecular flexibility index (Phi) is 2.94. The summed E-state index contributed by atoms with van der Waals surface area (Å²) < 4.78 is 5.01. The van der Waals surface area contributed by atoms with Crippen molar-refractivity contribution in [3.8, 4) is 0 Å². The summed E-state index contributed by atoms with van der Waals surface area (Å²) >= 11 is 5.82. The second kappa shape index (κ2) is 4.17. The quantitative estimate of drug-likeness (QED) is 0.883. The lowest BCUT2D eigenvalue weighted by Crippen LogP contribution is -2.49. The maximum absolute atomic E-state index is 11.6. The molecule has 1 heterocycles. The fourth-order valence-corrected chi connectivity index (χ4v) is 2.25. The molecule has 1 aromatic rings. The van der Waals surface area contributed by atoms with Crippen LogP contribution in [-0.2, 0) is 15.1 Å². The third-order valence-corrected chi connectivity index (χ3v) is 3.64. The van der Waals surface area contributed by atoms with Crippen LogP contribution in [0, 0.1) is 0 Å². The number of primary amides is 1. The molecule has 0 spiro atoms. The van der Waals surface area contributed by atoms with Crippen LogP contribution in [0.5, 0.6) is 0 Å². The number of carbonyl (C=O) groups is 2. The third kappa shape index (κ3) is 1.71. The van der Waals surface area contributed by atoms with Crippen molar-refractivity contribution in [1.29, 1.82) is 0 Å². The van der Waals surface area contributed by atoms with E-state index in [4.69, 9.17) is 22.1 Å². The number of nitrogens with zero attached hydrogens (tertiary/aromatic N) is 1. The molecule has 1 aliphatic rings. The maximum Gasteiger partial charge on any atom is 0.411 e. The summed E-state index contributed by atoms with van der Waals surface area (Å²) in [5, 5.41) is 0.575. The number of carbonyl (C=O) groups excluding carboxylic acids is 2. The molecule has 0 aromatic heterocycles. The van der Waals surface area contributed by atoms with E-state index in [0.717, 1.165) is 5.56 Å². The Bertz CT molecular complexity index is 503. The summed E-state index contributed by atoms with van der Waals surface area (Å²) in [6.07, 6.45) is -1.59. The molecule has 96 valence electrons. The lowest BCUT2D eigenvalue weighted by atomic mass is 9.85. The number of amides is 2. The molecule has 2 amide bonds. The van der Waals surface area contributed by atoms with E-state index in [1.807, 2.05) is 0 Å². The second-order valence-electron chi connectivity index (χ2n) is 4.38. The van der Waals surface area contributed by atoms with E-state index in [1.54, 1.807) is 38.2 Å². The molecule has 2 rings (SSSR count). The molecule has 0 aliphatic carbocycles. The first kappa shape index (κ1) is 12.7. The molecule has 0 bridgehead atoms. The van der Waals surface area contributed by atoms with Gasteiger partial charge in [-0.15, -0.1) is 0 Å². The number of hydrogen-bond acceptors (Lipinski definition) is 3. The number of nitrogens with two attached hydrogens (primary N) is 1. The van der Waals surface area contributed by atoms with Crippen molar-refractivity contribution >= 4 is 23.6 Å². The van der Waals surface area contributed by atoms with Gasteiger partial charge in [0.1, 0.15) is 5.54 Å². The van der Waals surface area contributed by atoms with Gasteiger partial charge in [-0.05, 0) is 24.6 Å². The normalized spacial score (nSPS) is 27.2. The molecular weight excluding hydrogens is 256 g/mol. The first-order chi connectivity index (χ1) is 8.37. The van der Waals surface area contributed by atoms with Gasteiger partial charge in [0.25, 0.3) is 5.91 Å². The van der Waals surface area contributed by atoms with Gasteiger partial charge < -0.3 is 10.5 Å². The van der Waals surface area contributed by atoms with Crippen molar-refractivity contribution in [2.24, 2.45) is 5.73 Å². The van der Waals surface area contributed by atoms with Crippen molar-refractivity contribution in [2.75, 3.05) is 7.05 Å². The van der Waals surface area contributed by atoms with Crippen LogP contribution in [0.15, 0.2) is 24.3 Å². The minimum absolute atomic E-state index is 0.573. The second-order valence-corrected chi connectivity index (χ2v) is 4.82. The first-order valence-electron chi connectivity index (χ1n) is 5.37. The van der Waals surface area contributed by atoms with Gasteiger partial charge in [-0.3, -0.25) is 9.69 Å². The predicted octanol–water partition coefficient (Wildman–Crippen LogP) is 1.49. The zero-order valence-corrected chi connectivity index (χ0v) is 10.8. The van der Waals surface area contributed by atoms with E-state index in [2.05, 4.69) is 0 Å². The van der Waals surface area contributed by atoms with Crippen LogP contribution in [-0.4, -0.2) is 30.1 Å². The van der Waals surface area contributed by atoms with Crippen LogP contribution in [0.25, 0.3) is 0 Å². The zero-order valence-electron chi connectivity index (χ0n) is 10.0. The highest BCUT2D eigenvalue weighted by atomic mass is 35.5. The fourth-order valence-electron chi connectivity index (χ4n) is 2.13. The largest absolute Gasteiger partial charge is 0.433 e. The summed E-state index contributed by atoms with van der Waals surface area (Å²) in [6, 6.07) is 6.88. The topological polar surface area (TPSA) is 72.6 Å². The number of likely N-dealkylation sites (N-methyl/N-ethyl adjacent to an activating group) is 1. The average molecular weight is 269 g/mol. The van der Waals surface area contributed by atoms with E-state index >= 15 is 0 Å². The highest BCUT2D eigenvalue weighted by Gasteiger charge is 2.53. The molecule has 2 unspecified atom stereocenters. The number of cyclic esters (lactones) is 1. The van der Waals surface area contributed by atoms with Crippen LogP contribution in [0.2, 0.25) is 5.02 Å². The summed E-state index contributed by atoms with van der Waals surface area (Å²) in [6.45, 7) is 1.73. The lowest BCUT2D eigenvalue weighted by Gasteiger charge is -2.32. The van der Waals surface area contributed by atoms with Gasteiger partial charge in [0.15, 0.2) is 0 Å². The highest BCUT2D eigenvalue weighted by molar-refractivity contribution is 6.30. The molecular formula is C12H13ClN2O3. The summed E-state index contributed by atoms with van der Waals surface area (Å²) in [5.74, 6) is -0.676. The van der Waals surface area contributed by atoms with Crippen molar-refractivity contribution < 1.29 is 14.3 Å². The summed E-state index contributed by atoms with van der Waals surface area (Å²) in [5.41, 5.74) is 5.11. The molecule has 0 saturated carbocycles. The molecule has 6 heteroatoms. The van der Waals surface area contributed by atoms with Crippen molar-refractivity contribution in [3.05, 3.63) is 34.9 Å². The smallest absolute Gasteiger partial charge is 0.411 e. The summed E-state index contributed by atoms with van der Waals surface area (Å²) in [4.78, 5) is 24.4. The first-order valence-corrected chi connectivity index (χ1v) is 5.75. The average Bonchev–Trinajstić information content (AvgIpc) is 2.56. The Labute approximate surface area is 109 Å². The number of rotatable bonds is 2. The standard InChI is InChI=1S/C12H13ClN2O3/c1-12(7-3-5-8(13)6-4-7)9(10(14)16)18-11(17)15(12)2/h3-6,9H,1-2H3,(H2,14,16). The Balaban J connectivity index is 2.51. The van der Waals surface area contributed by atoms with E-state index in [0.29, 0.717) is 5.02 Å². The number of benzene rings is 1. The molecule has 1 aliphatic heterocycles. The van der Waals surface area contributed by atoms with Gasteiger partial charge in [0, 0.05) is 12.1 Å². The van der Waals surface area contributed by atoms with Gasteiger partial charge in [-0.2, -0.15) is 0 Å². The van der Waals surface area contributed by atoms with Crippen molar-refractivity contribution in [2.45, 2.75) is 18.6 Å². The van der Waals surface area contributed by atoms with Crippen molar-refractivity contribution in [3.63, 3.8) is 0 Å². The van der Waals surface area contributed by atoms with Gasteiger partial charge in [0.2, 0.25) is 6.10 Å². The number of halogens is 1.